The van der Waals surface area contributed by atoms with Gasteiger partial charge in [0.15, 0.2) is 0 Å². The molecule has 142 valence electrons. The van der Waals surface area contributed by atoms with Crippen molar-refractivity contribution in [3.63, 3.8) is 0 Å². The zero-order valence-electron chi connectivity index (χ0n) is 16.5. The van der Waals surface area contributed by atoms with E-state index >= 15 is 0 Å². The maximum Gasteiger partial charge on any atom is 0.305 e. The highest BCUT2D eigenvalue weighted by Crippen LogP contribution is 2.36. The fourth-order valence-electron chi connectivity index (χ4n) is 3.54. The van der Waals surface area contributed by atoms with E-state index in [9.17, 15) is 4.79 Å². The molecular weight excluding hydrogens is 324 g/mol. The number of esters is 1. The number of ether oxygens (including phenoxy) is 2. The van der Waals surface area contributed by atoms with Crippen molar-refractivity contribution >= 4 is 11.5 Å². The van der Waals surface area contributed by atoms with Gasteiger partial charge < -0.3 is 9.47 Å². The Morgan fingerprint density at radius 3 is 2.54 bits per heavy atom. The summed E-state index contributed by atoms with van der Waals surface area (Å²) in [6, 6.07) is 10.4. The van der Waals surface area contributed by atoms with E-state index in [4.69, 9.17) is 9.47 Å². The predicted molar refractivity (Wildman–Crippen MR) is 106 cm³/mol. The van der Waals surface area contributed by atoms with Crippen molar-refractivity contribution in [2.45, 2.75) is 59.3 Å². The summed E-state index contributed by atoms with van der Waals surface area (Å²) in [5.41, 5.74) is 7.61. The van der Waals surface area contributed by atoms with Gasteiger partial charge in [0.2, 0.25) is 0 Å². The zero-order chi connectivity index (χ0) is 18.8. The van der Waals surface area contributed by atoms with E-state index in [2.05, 4.69) is 43.8 Å². The molecule has 0 aromatic heterocycles. The van der Waals surface area contributed by atoms with Crippen molar-refractivity contribution in [2.24, 2.45) is 5.41 Å². The fourth-order valence-corrected chi connectivity index (χ4v) is 3.54. The molecule has 2 rings (SSSR count). The minimum atomic E-state index is -0.115. The first-order valence-corrected chi connectivity index (χ1v) is 9.76. The average Bonchev–Trinajstić information content (AvgIpc) is 2.62. The second-order valence-electron chi connectivity index (χ2n) is 7.51. The largest absolute Gasteiger partial charge is 0.466 e. The van der Waals surface area contributed by atoms with Crippen molar-refractivity contribution in [3.8, 4) is 0 Å². The number of allylic oxidation sites excluding steroid dienone is 1. The Hall–Kier alpha value is -1.83. The summed E-state index contributed by atoms with van der Waals surface area (Å²) >= 11 is 0. The molecule has 0 bridgehead atoms. The van der Waals surface area contributed by atoms with E-state index in [1.165, 1.54) is 16.7 Å². The van der Waals surface area contributed by atoms with Crippen LogP contribution in [-0.2, 0) is 14.3 Å². The lowest BCUT2D eigenvalue weighted by atomic mass is 9.77. The van der Waals surface area contributed by atoms with Crippen LogP contribution in [0.5, 0.6) is 0 Å². The van der Waals surface area contributed by atoms with Gasteiger partial charge in [-0.2, -0.15) is 0 Å². The molecule has 0 aliphatic carbocycles. The normalized spacial score (nSPS) is 15.8. The number of hydrogen-bond acceptors (Lipinski definition) is 3. The van der Waals surface area contributed by atoms with Gasteiger partial charge in [-0.05, 0) is 62.5 Å². The monoisotopic (exact) mass is 356 g/mol. The van der Waals surface area contributed by atoms with Crippen LogP contribution in [0.2, 0.25) is 0 Å². The third-order valence-corrected chi connectivity index (χ3v) is 4.99. The van der Waals surface area contributed by atoms with Crippen molar-refractivity contribution in [1.29, 1.82) is 0 Å². The maximum atomic E-state index is 11.6. The molecule has 1 aromatic rings. The van der Waals surface area contributed by atoms with Crippen LogP contribution < -0.4 is 0 Å². The average molecular weight is 357 g/mol. The van der Waals surface area contributed by atoms with Crippen molar-refractivity contribution in [2.75, 3.05) is 19.8 Å². The molecule has 0 spiro atoms. The molecule has 1 aromatic carbocycles. The first-order valence-electron chi connectivity index (χ1n) is 9.76. The molecule has 1 aliphatic heterocycles. The van der Waals surface area contributed by atoms with Gasteiger partial charge in [0, 0.05) is 25.2 Å². The van der Waals surface area contributed by atoms with E-state index in [1.807, 2.05) is 13.0 Å². The van der Waals surface area contributed by atoms with Crippen LogP contribution in [0.3, 0.4) is 0 Å². The number of rotatable bonds is 8. The third-order valence-electron chi connectivity index (χ3n) is 4.99. The molecule has 0 saturated carbocycles. The van der Waals surface area contributed by atoms with Crippen LogP contribution in [0, 0.1) is 5.41 Å². The molecule has 3 nitrogen and oxygen atoms in total. The minimum Gasteiger partial charge on any atom is -0.466 e. The Bertz CT molecular complexity index is 633. The smallest absolute Gasteiger partial charge is 0.305 e. The van der Waals surface area contributed by atoms with Crippen LogP contribution in [0.25, 0.3) is 5.57 Å². The van der Waals surface area contributed by atoms with Crippen LogP contribution in [0.1, 0.15) is 64.9 Å². The zero-order valence-corrected chi connectivity index (χ0v) is 16.5. The van der Waals surface area contributed by atoms with Crippen LogP contribution in [0.4, 0.5) is 0 Å². The molecule has 0 N–H and O–H groups in total. The van der Waals surface area contributed by atoms with Crippen molar-refractivity contribution in [3.05, 3.63) is 47.2 Å². The lowest BCUT2D eigenvalue weighted by molar-refractivity contribution is -0.143. The Morgan fingerprint density at radius 1 is 1.19 bits per heavy atom. The van der Waals surface area contributed by atoms with Crippen LogP contribution in [0.15, 0.2) is 41.6 Å². The molecule has 3 heteroatoms. The standard InChI is InChI=1S/C23H32O3/c1-4-26-22(24)12-8-11-21(20-9-6-5-7-10-20)17-19(2)18-23(3)13-15-25-16-14-23/h5-7,9-10H,4,8,11-16,18H2,1-3H3. The van der Waals surface area contributed by atoms with E-state index in [0.29, 0.717) is 18.4 Å². The van der Waals surface area contributed by atoms with Gasteiger partial charge in [0.05, 0.1) is 6.61 Å². The van der Waals surface area contributed by atoms with Gasteiger partial charge in [-0.25, -0.2) is 0 Å². The number of carbonyl (C=O) groups excluding carboxylic acids is 1. The first-order chi connectivity index (χ1) is 12.5. The molecule has 0 amide bonds. The number of benzene rings is 1. The Labute approximate surface area is 158 Å². The van der Waals surface area contributed by atoms with E-state index < -0.39 is 0 Å². The topological polar surface area (TPSA) is 35.5 Å². The molecule has 1 aliphatic rings. The van der Waals surface area contributed by atoms with Crippen molar-refractivity contribution < 1.29 is 14.3 Å². The lowest BCUT2D eigenvalue weighted by Gasteiger charge is -2.33. The molecule has 1 fully saturated rings. The summed E-state index contributed by atoms with van der Waals surface area (Å²) in [7, 11) is 0. The molecular formula is C23H32O3. The summed E-state index contributed by atoms with van der Waals surface area (Å²) < 4.78 is 10.6. The van der Waals surface area contributed by atoms with E-state index in [0.717, 1.165) is 45.3 Å². The van der Waals surface area contributed by atoms with Gasteiger partial charge in [0.25, 0.3) is 0 Å². The number of hydrogen-bond donors (Lipinski definition) is 0. The Morgan fingerprint density at radius 2 is 1.88 bits per heavy atom. The summed E-state index contributed by atoms with van der Waals surface area (Å²) in [6.45, 7) is 8.54. The van der Waals surface area contributed by atoms with Gasteiger partial charge in [0.1, 0.15) is 0 Å². The molecule has 0 unspecified atom stereocenters. The highest BCUT2D eigenvalue weighted by atomic mass is 16.5. The van der Waals surface area contributed by atoms with Gasteiger partial charge in [-0.15, -0.1) is 5.73 Å². The molecule has 26 heavy (non-hydrogen) atoms. The van der Waals surface area contributed by atoms with E-state index in [1.54, 1.807) is 0 Å². The first kappa shape index (κ1) is 20.5. The molecule has 0 atom stereocenters. The summed E-state index contributed by atoms with van der Waals surface area (Å²) in [5.74, 6) is -0.115. The van der Waals surface area contributed by atoms with Crippen LogP contribution >= 0.6 is 0 Å². The van der Waals surface area contributed by atoms with Crippen molar-refractivity contribution in [1.82, 2.24) is 0 Å². The maximum absolute atomic E-state index is 11.6. The Kier molecular flexibility index (Phi) is 8.15. The summed E-state index contributed by atoms with van der Waals surface area (Å²) in [6.07, 6.45) is 5.34. The van der Waals surface area contributed by atoms with E-state index in [-0.39, 0.29) is 5.97 Å². The second kappa shape index (κ2) is 10.4. The van der Waals surface area contributed by atoms with Crippen LogP contribution in [-0.4, -0.2) is 25.8 Å². The van der Waals surface area contributed by atoms with Gasteiger partial charge in [-0.3, -0.25) is 4.79 Å². The highest BCUT2D eigenvalue weighted by molar-refractivity contribution is 5.70. The molecule has 1 heterocycles. The van der Waals surface area contributed by atoms with Gasteiger partial charge in [-0.1, -0.05) is 37.3 Å². The quantitative estimate of drug-likeness (QED) is 0.452. The van der Waals surface area contributed by atoms with Gasteiger partial charge >= 0.3 is 5.97 Å². The number of carbonyl (C=O) groups is 1. The predicted octanol–water partition coefficient (Wildman–Crippen LogP) is 5.56. The second-order valence-corrected chi connectivity index (χ2v) is 7.51. The summed E-state index contributed by atoms with van der Waals surface area (Å²) in [4.78, 5) is 11.6. The SMILES string of the molecule is CCOC(=O)CCCC(=C=C(C)CC1(C)CCOCC1)c1ccccc1. The Balaban J connectivity index is 2.13. The lowest BCUT2D eigenvalue weighted by Crippen LogP contribution is -2.26. The molecule has 1 saturated heterocycles. The third kappa shape index (κ3) is 6.82. The summed E-state index contributed by atoms with van der Waals surface area (Å²) in [5, 5.41) is 0. The highest BCUT2D eigenvalue weighted by Gasteiger charge is 2.27. The fraction of sp³-hybridized carbons (Fsp3) is 0.565. The minimum absolute atomic E-state index is 0.115. The molecule has 0 radical (unpaired) electrons.